The molecule has 0 fully saturated rings. The third-order valence-corrected chi connectivity index (χ3v) is 0.465. The molecule has 0 rings (SSSR count). The smallest absolute Gasteiger partial charge is 0.268 e. The highest BCUT2D eigenvalue weighted by Crippen LogP contribution is 1.73. The molecule has 0 aliphatic carbocycles. The van der Waals surface area contributed by atoms with Crippen LogP contribution in [0.1, 0.15) is 6.92 Å². The van der Waals surface area contributed by atoms with Crippen molar-refractivity contribution in [2.24, 2.45) is 4.99 Å². The molecule has 0 unspecified atom stereocenters. The van der Waals surface area contributed by atoms with Crippen LogP contribution in [0.4, 0.5) is 0 Å². The molecule has 2 heteroatoms. The summed E-state index contributed by atoms with van der Waals surface area (Å²) in [5.41, 5.74) is 0. The maximum Gasteiger partial charge on any atom is 0.268 e. The quantitative estimate of drug-likeness (QED) is 0.351. The maximum atomic E-state index is 10.1. The van der Waals surface area contributed by atoms with Crippen molar-refractivity contribution in [3.05, 3.63) is 12.2 Å². The lowest BCUT2D eigenvalue weighted by molar-refractivity contribution is -0.113. The molecule has 0 aromatic carbocycles. The van der Waals surface area contributed by atoms with Gasteiger partial charge in [0.05, 0.1) is 0 Å². The Morgan fingerprint density at radius 3 is 2.57 bits per heavy atom. The number of carbonyl (C=O) groups excluding carboxylic acids is 1. The summed E-state index contributed by atoms with van der Waals surface area (Å²) in [4.78, 5) is 13.2. The van der Waals surface area contributed by atoms with E-state index < -0.39 is 0 Å². The van der Waals surface area contributed by atoms with Gasteiger partial charge in [-0.15, -0.1) is 0 Å². The summed E-state index contributed by atoms with van der Waals surface area (Å²) >= 11 is 0. The highest BCUT2D eigenvalue weighted by atomic mass is 16.1. The van der Waals surface area contributed by atoms with E-state index in [0.29, 0.717) is 0 Å². The van der Waals surface area contributed by atoms with Gasteiger partial charge in [0.15, 0.2) is 0 Å². The van der Waals surface area contributed by atoms with Crippen LogP contribution in [-0.4, -0.2) is 12.6 Å². The Balaban J connectivity index is 3.58. The van der Waals surface area contributed by atoms with Gasteiger partial charge in [0.2, 0.25) is 0 Å². The molecule has 7 heavy (non-hydrogen) atoms. The van der Waals surface area contributed by atoms with Crippen molar-refractivity contribution in [3.63, 3.8) is 0 Å². The molecule has 38 valence electrons. The number of nitrogens with zero attached hydrogens (tertiary/aromatic N) is 1. The fraction of sp³-hybridized carbons (Fsp3) is 0.200. The molecule has 0 saturated carbocycles. The summed E-state index contributed by atoms with van der Waals surface area (Å²) in [5.74, 6) is -0.289. The molecule has 0 bridgehead atoms. The minimum atomic E-state index is -0.289. The Hall–Kier alpha value is -0.920. The number of rotatable bonds is 1. The first-order valence-electron chi connectivity index (χ1n) is 1.94. The summed E-state index contributed by atoms with van der Waals surface area (Å²) in [7, 11) is 0. The van der Waals surface area contributed by atoms with Crippen molar-refractivity contribution in [2.45, 2.75) is 6.92 Å². The van der Waals surface area contributed by atoms with E-state index in [1.807, 2.05) is 0 Å². The third-order valence-electron chi connectivity index (χ3n) is 0.465. The molecule has 0 aliphatic heterocycles. The van der Waals surface area contributed by atoms with Gasteiger partial charge >= 0.3 is 0 Å². The standard InChI is InChI=1S/C5H7NO/c1-3-4-5(7)6-2/h3-4H,2H2,1H3. The van der Waals surface area contributed by atoms with Crippen LogP contribution in [0.25, 0.3) is 0 Å². The molecule has 0 heterocycles. The highest BCUT2D eigenvalue weighted by molar-refractivity contribution is 5.90. The van der Waals surface area contributed by atoms with E-state index in [-0.39, 0.29) is 5.91 Å². The van der Waals surface area contributed by atoms with Crippen molar-refractivity contribution in [2.75, 3.05) is 0 Å². The Bertz CT molecular complexity index is 105. The minimum Gasteiger partial charge on any atom is -0.268 e. The Labute approximate surface area is 42.6 Å². The summed E-state index contributed by atoms with van der Waals surface area (Å²) in [6, 6.07) is 0. The number of allylic oxidation sites excluding steroid dienone is 1. The molecule has 0 radical (unpaired) electrons. The van der Waals surface area contributed by atoms with E-state index in [9.17, 15) is 4.79 Å². The van der Waals surface area contributed by atoms with Gasteiger partial charge in [0, 0.05) is 6.08 Å². The van der Waals surface area contributed by atoms with Crippen molar-refractivity contribution < 1.29 is 4.79 Å². The first-order chi connectivity index (χ1) is 3.31. The van der Waals surface area contributed by atoms with Crippen molar-refractivity contribution in [1.29, 1.82) is 0 Å². The number of aliphatic imine (C=N–C) groups is 1. The number of hydrogen-bond donors (Lipinski definition) is 0. The maximum absolute atomic E-state index is 10.1. The van der Waals surface area contributed by atoms with E-state index in [1.54, 1.807) is 13.0 Å². The molecule has 0 aliphatic rings. The molecule has 0 atom stereocenters. The molecule has 0 aromatic heterocycles. The Kier molecular flexibility index (Phi) is 2.85. The van der Waals surface area contributed by atoms with Gasteiger partial charge in [-0.25, -0.2) is 4.99 Å². The zero-order valence-corrected chi connectivity index (χ0v) is 4.22. The normalized spacial score (nSPS) is 9.29. The molecule has 2 nitrogen and oxygen atoms in total. The van der Waals surface area contributed by atoms with Crippen LogP contribution in [0.15, 0.2) is 17.1 Å². The lowest BCUT2D eigenvalue weighted by Gasteiger charge is -1.72. The predicted molar refractivity (Wildman–Crippen MR) is 29.4 cm³/mol. The van der Waals surface area contributed by atoms with Crippen LogP contribution in [0.5, 0.6) is 0 Å². The molecular formula is C5H7NO. The largest absolute Gasteiger partial charge is 0.268 e. The first-order valence-corrected chi connectivity index (χ1v) is 1.94. The Morgan fingerprint density at radius 1 is 1.86 bits per heavy atom. The average Bonchev–Trinajstić information content (AvgIpc) is 1.68. The zero-order chi connectivity index (χ0) is 5.70. The molecular weight excluding hydrogens is 90.1 g/mol. The molecule has 1 amide bonds. The fourth-order valence-electron chi connectivity index (χ4n) is 0.195. The van der Waals surface area contributed by atoms with Crippen LogP contribution >= 0.6 is 0 Å². The molecule has 0 N–H and O–H groups in total. The highest BCUT2D eigenvalue weighted by Gasteiger charge is 1.79. The summed E-state index contributed by atoms with van der Waals surface area (Å²) in [6.45, 7) is 4.78. The zero-order valence-electron chi connectivity index (χ0n) is 4.22. The topological polar surface area (TPSA) is 29.4 Å². The van der Waals surface area contributed by atoms with Crippen LogP contribution < -0.4 is 0 Å². The van der Waals surface area contributed by atoms with Gasteiger partial charge in [0.1, 0.15) is 0 Å². The first kappa shape index (κ1) is 6.08. The van der Waals surface area contributed by atoms with Crippen LogP contribution in [-0.2, 0) is 4.79 Å². The second-order valence-corrected chi connectivity index (χ2v) is 0.996. The van der Waals surface area contributed by atoms with Crippen LogP contribution in [0.3, 0.4) is 0 Å². The van der Waals surface area contributed by atoms with Gasteiger partial charge in [-0.05, 0) is 13.6 Å². The Morgan fingerprint density at radius 2 is 2.43 bits per heavy atom. The number of amides is 1. The lowest BCUT2D eigenvalue weighted by atomic mass is 10.5. The minimum absolute atomic E-state index is 0.289. The van der Waals surface area contributed by atoms with Gasteiger partial charge in [-0.2, -0.15) is 0 Å². The van der Waals surface area contributed by atoms with E-state index in [1.165, 1.54) is 6.08 Å². The van der Waals surface area contributed by atoms with Gasteiger partial charge in [-0.3, -0.25) is 4.79 Å². The van der Waals surface area contributed by atoms with Crippen molar-refractivity contribution in [3.8, 4) is 0 Å². The monoisotopic (exact) mass is 97.1 g/mol. The number of hydrogen-bond acceptors (Lipinski definition) is 1. The molecule has 0 spiro atoms. The van der Waals surface area contributed by atoms with Crippen molar-refractivity contribution >= 4 is 12.6 Å². The summed E-state index contributed by atoms with van der Waals surface area (Å²) < 4.78 is 0. The van der Waals surface area contributed by atoms with Gasteiger partial charge < -0.3 is 0 Å². The summed E-state index contributed by atoms with van der Waals surface area (Å²) in [6.07, 6.45) is 2.98. The second-order valence-electron chi connectivity index (χ2n) is 0.996. The predicted octanol–water partition coefficient (Wildman–Crippen LogP) is 0.790. The summed E-state index contributed by atoms with van der Waals surface area (Å²) in [5, 5.41) is 0. The third kappa shape index (κ3) is 2.89. The van der Waals surface area contributed by atoms with Crippen molar-refractivity contribution in [1.82, 2.24) is 0 Å². The second kappa shape index (κ2) is 3.28. The molecule has 0 saturated heterocycles. The van der Waals surface area contributed by atoms with Gasteiger partial charge in [0.25, 0.3) is 5.91 Å². The van der Waals surface area contributed by atoms with E-state index >= 15 is 0 Å². The van der Waals surface area contributed by atoms with Gasteiger partial charge in [-0.1, -0.05) is 6.08 Å². The SMILES string of the molecule is C=NC(=O)C=CC. The number of carbonyl (C=O) groups is 1. The van der Waals surface area contributed by atoms with E-state index in [2.05, 4.69) is 11.7 Å². The van der Waals surface area contributed by atoms with E-state index in [4.69, 9.17) is 0 Å². The molecule has 0 aromatic rings. The lowest BCUT2D eigenvalue weighted by Crippen LogP contribution is -1.80. The van der Waals surface area contributed by atoms with Crippen LogP contribution in [0, 0.1) is 0 Å². The van der Waals surface area contributed by atoms with Crippen LogP contribution in [0.2, 0.25) is 0 Å². The average molecular weight is 97.1 g/mol. The fourth-order valence-corrected chi connectivity index (χ4v) is 0.195. The van der Waals surface area contributed by atoms with E-state index in [0.717, 1.165) is 0 Å².